The highest BCUT2D eigenvalue weighted by Gasteiger charge is 2.01. The van der Waals surface area contributed by atoms with E-state index in [0.717, 1.165) is 17.2 Å². The van der Waals surface area contributed by atoms with Crippen molar-refractivity contribution >= 4 is 12.0 Å². The van der Waals surface area contributed by atoms with E-state index < -0.39 is 5.97 Å². The minimum atomic E-state index is -1.23. The Labute approximate surface area is 122 Å². The van der Waals surface area contributed by atoms with Crippen molar-refractivity contribution in [1.82, 2.24) is 0 Å². The third-order valence-electron chi connectivity index (χ3n) is 2.82. The van der Waals surface area contributed by atoms with E-state index in [0.29, 0.717) is 17.9 Å². The van der Waals surface area contributed by atoms with Gasteiger partial charge in [-0.2, -0.15) is 5.26 Å². The van der Waals surface area contributed by atoms with Gasteiger partial charge in [-0.3, -0.25) is 0 Å². The molecule has 0 aliphatic rings. The van der Waals surface area contributed by atoms with Gasteiger partial charge in [-0.05, 0) is 29.8 Å². The number of carbonyl (C=O) groups is 1. The summed E-state index contributed by atoms with van der Waals surface area (Å²) in [7, 11) is 0. The molecule has 4 heteroatoms. The average molecular weight is 278 g/mol. The lowest BCUT2D eigenvalue weighted by Gasteiger charge is -2.07. The number of carbonyl (C=O) groups excluding carboxylic acids is 1. The highest BCUT2D eigenvalue weighted by atomic mass is 16.5. The Bertz CT molecular complexity index is 697. The highest BCUT2D eigenvalue weighted by Crippen LogP contribution is 2.16. The van der Waals surface area contributed by atoms with E-state index >= 15 is 0 Å². The Kier molecular flexibility index (Phi) is 4.73. The van der Waals surface area contributed by atoms with Gasteiger partial charge in [0.15, 0.2) is 0 Å². The number of benzene rings is 2. The lowest BCUT2D eigenvalue weighted by molar-refractivity contribution is -0.297. The standard InChI is InChI=1S/C17H13NO3/c18-11-14-3-1-2-4-15(14)12-21-16-8-5-13(6-9-16)7-10-17(19)20/h1-10H,12H2,(H,19,20)/p-1/b10-7+. The summed E-state index contributed by atoms with van der Waals surface area (Å²) in [4.78, 5) is 10.3. The lowest BCUT2D eigenvalue weighted by atomic mass is 10.1. The monoisotopic (exact) mass is 278 g/mol. The van der Waals surface area contributed by atoms with Crippen LogP contribution in [-0.2, 0) is 11.4 Å². The molecule has 0 amide bonds. The second-order valence-electron chi connectivity index (χ2n) is 4.28. The number of aliphatic carboxylic acids is 1. The Morgan fingerprint density at radius 1 is 1.19 bits per heavy atom. The van der Waals surface area contributed by atoms with Crippen molar-refractivity contribution in [2.45, 2.75) is 6.61 Å². The minimum absolute atomic E-state index is 0.304. The summed E-state index contributed by atoms with van der Waals surface area (Å²) in [6, 6.07) is 16.3. The number of carboxylic acids is 1. The molecule has 0 saturated heterocycles. The highest BCUT2D eigenvalue weighted by molar-refractivity contribution is 5.83. The van der Waals surface area contributed by atoms with E-state index in [9.17, 15) is 9.90 Å². The SMILES string of the molecule is N#Cc1ccccc1COc1ccc(/C=C/C(=O)[O-])cc1. The van der Waals surface area contributed by atoms with Crippen LogP contribution in [0.2, 0.25) is 0 Å². The molecule has 0 fully saturated rings. The van der Waals surface area contributed by atoms with E-state index in [1.165, 1.54) is 6.08 Å². The topological polar surface area (TPSA) is 73.1 Å². The zero-order valence-electron chi connectivity index (χ0n) is 11.2. The van der Waals surface area contributed by atoms with Gasteiger partial charge in [0.05, 0.1) is 17.6 Å². The number of rotatable bonds is 5. The van der Waals surface area contributed by atoms with Gasteiger partial charge in [-0.1, -0.05) is 36.4 Å². The normalized spacial score (nSPS) is 10.2. The molecule has 0 radical (unpaired) electrons. The molecule has 21 heavy (non-hydrogen) atoms. The fourth-order valence-electron chi connectivity index (χ4n) is 1.76. The molecule has 0 saturated carbocycles. The molecule has 0 aromatic heterocycles. The zero-order chi connectivity index (χ0) is 15.1. The van der Waals surface area contributed by atoms with Gasteiger partial charge in [-0.15, -0.1) is 0 Å². The van der Waals surface area contributed by atoms with E-state index in [2.05, 4.69) is 6.07 Å². The van der Waals surface area contributed by atoms with Gasteiger partial charge in [0.1, 0.15) is 12.4 Å². The fraction of sp³-hybridized carbons (Fsp3) is 0.0588. The predicted molar refractivity (Wildman–Crippen MR) is 76.0 cm³/mol. The summed E-state index contributed by atoms with van der Waals surface area (Å²) in [6.07, 6.45) is 2.42. The molecule has 104 valence electrons. The second-order valence-corrected chi connectivity index (χ2v) is 4.28. The second kappa shape index (κ2) is 6.92. The third-order valence-corrected chi connectivity index (χ3v) is 2.82. The summed E-state index contributed by atoms with van der Waals surface area (Å²) >= 11 is 0. The molecular formula is C17H12NO3-. The Morgan fingerprint density at radius 2 is 1.90 bits per heavy atom. The minimum Gasteiger partial charge on any atom is -0.545 e. The molecule has 0 heterocycles. The van der Waals surface area contributed by atoms with Crippen molar-refractivity contribution in [3.8, 4) is 11.8 Å². The first-order valence-corrected chi connectivity index (χ1v) is 6.29. The van der Waals surface area contributed by atoms with Crippen molar-refractivity contribution in [2.24, 2.45) is 0 Å². The largest absolute Gasteiger partial charge is 0.545 e. The van der Waals surface area contributed by atoms with Crippen molar-refractivity contribution < 1.29 is 14.6 Å². The summed E-state index contributed by atoms with van der Waals surface area (Å²) in [6.45, 7) is 0.304. The van der Waals surface area contributed by atoms with Gasteiger partial charge >= 0.3 is 0 Å². The molecule has 2 rings (SSSR count). The van der Waals surface area contributed by atoms with Gasteiger partial charge in [-0.25, -0.2) is 0 Å². The van der Waals surface area contributed by atoms with Crippen LogP contribution < -0.4 is 9.84 Å². The Morgan fingerprint density at radius 3 is 2.57 bits per heavy atom. The first-order chi connectivity index (χ1) is 10.2. The maximum atomic E-state index is 10.3. The number of hydrogen-bond acceptors (Lipinski definition) is 4. The molecule has 2 aromatic carbocycles. The maximum Gasteiger partial charge on any atom is 0.119 e. The molecule has 0 atom stereocenters. The van der Waals surface area contributed by atoms with Crippen LogP contribution in [0.5, 0.6) is 5.75 Å². The number of hydrogen-bond donors (Lipinski definition) is 0. The van der Waals surface area contributed by atoms with Crippen LogP contribution in [0.1, 0.15) is 16.7 Å². The summed E-state index contributed by atoms with van der Waals surface area (Å²) in [5.41, 5.74) is 2.15. The lowest BCUT2D eigenvalue weighted by Crippen LogP contribution is -2.18. The molecular weight excluding hydrogens is 266 g/mol. The van der Waals surface area contributed by atoms with Crippen LogP contribution in [0.4, 0.5) is 0 Å². The number of nitrogens with zero attached hydrogens (tertiary/aromatic N) is 1. The smallest absolute Gasteiger partial charge is 0.119 e. The molecule has 0 aliphatic heterocycles. The summed E-state index contributed by atoms with van der Waals surface area (Å²) < 4.78 is 5.61. The molecule has 4 nitrogen and oxygen atoms in total. The van der Waals surface area contributed by atoms with E-state index in [1.54, 1.807) is 36.4 Å². The number of nitriles is 1. The summed E-state index contributed by atoms with van der Waals surface area (Å²) in [5.74, 6) is -0.586. The zero-order valence-corrected chi connectivity index (χ0v) is 11.2. The van der Waals surface area contributed by atoms with Crippen LogP contribution in [0, 0.1) is 11.3 Å². The van der Waals surface area contributed by atoms with Gasteiger partial charge < -0.3 is 14.6 Å². The van der Waals surface area contributed by atoms with Crippen molar-refractivity contribution in [3.63, 3.8) is 0 Å². The fourth-order valence-corrected chi connectivity index (χ4v) is 1.76. The van der Waals surface area contributed by atoms with Gasteiger partial charge in [0.25, 0.3) is 0 Å². The quantitative estimate of drug-likeness (QED) is 0.783. The Balaban J connectivity index is 2.01. The molecule has 0 aliphatic carbocycles. The molecule has 0 N–H and O–H groups in total. The van der Waals surface area contributed by atoms with Gasteiger partial charge in [0.2, 0.25) is 0 Å². The van der Waals surface area contributed by atoms with Crippen LogP contribution in [0.15, 0.2) is 54.6 Å². The van der Waals surface area contributed by atoms with E-state index in [1.807, 2.05) is 12.1 Å². The number of carboxylic acid groups (broad SMARTS) is 1. The van der Waals surface area contributed by atoms with Crippen LogP contribution >= 0.6 is 0 Å². The van der Waals surface area contributed by atoms with Crippen molar-refractivity contribution in [2.75, 3.05) is 0 Å². The van der Waals surface area contributed by atoms with Crippen LogP contribution in [-0.4, -0.2) is 5.97 Å². The van der Waals surface area contributed by atoms with Crippen molar-refractivity contribution in [3.05, 3.63) is 71.3 Å². The third kappa shape index (κ3) is 4.22. The van der Waals surface area contributed by atoms with E-state index in [-0.39, 0.29) is 0 Å². The van der Waals surface area contributed by atoms with Gasteiger partial charge in [0, 0.05) is 5.56 Å². The predicted octanol–water partition coefficient (Wildman–Crippen LogP) is 1.90. The van der Waals surface area contributed by atoms with E-state index in [4.69, 9.17) is 10.00 Å². The molecule has 0 spiro atoms. The number of ether oxygens (including phenoxy) is 1. The first kappa shape index (κ1) is 14.4. The Hall–Kier alpha value is -3.06. The molecule has 2 aromatic rings. The first-order valence-electron chi connectivity index (χ1n) is 6.29. The van der Waals surface area contributed by atoms with Crippen LogP contribution in [0.25, 0.3) is 6.08 Å². The molecule has 0 unspecified atom stereocenters. The molecule has 0 bridgehead atoms. The summed E-state index contributed by atoms with van der Waals surface area (Å²) in [5, 5.41) is 19.3. The van der Waals surface area contributed by atoms with Crippen molar-refractivity contribution in [1.29, 1.82) is 5.26 Å². The van der Waals surface area contributed by atoms with Crippen LogP contribution in [0.3, 0.4) is 0 Å². The average Bonchev–Trinajstić information content (AvgIpc) is 2.52. The maximum absolute atomic E-state index is 10.3.